The fraction of sp³-hybridized carbons (Fsp3) is 0.933. The third-order valence-corrected chi connectivity index (χ3v) is 4.80. The molecule has 0 aromatic rings. The van der Waals surface area contributed by atoms with Crippen LogP contribution in [0.5, 0.6) is 0 Å². The first-order valence-electron chi connectivity index (χ1n) is 7.69. The summed E-state index contributed by atoms with van der Waals surface area (Å²) in [5.74, 6) is 1.50. The SMILES string of the molecule is O=C(C1CCCCCC1)N1CCCC1CCCCl. The summed E-state index contributed by atoms with van der Waals surface area (Å²) in [6, 6.07) is 0.486. The predicted octanol–water partition coefficient (Wildman–Crippen LogP) is 3.97. The van der Waals surface area contributed by atoms with Gasteiger partial charge in [0.25, 0.3) is 0 Å². The van der Waals surface area contributed by atoms with E-state index < -0.39 is 0 Å². The second-order valence-electron chi connectivity index (χ2n) is 5.85. The van der Waals surface area contributed by atoms with Crippen molar-refractivity contribution in [2.75, 3.05) is 12.4 Å². The average Bonchev–Trinajstić information content (AvgIpc) is 2.68. The maximum absolute atomic E-state index is 12.6. The lowest BCUT2D eigenvalue weighted by Gasteiger charge is -2.28. The maximum atomic E-state index is 12.6. The molecule has 1 saturated heterocycles. The Hall–Kier alpha value is -0.240. The van der Waals surface area contributed by atoms with Crippen LogP contribution in [0.3, 0.4) is 0 Å². The summed E-state index contributed by atoms with van der Waals surface area (Å²) in [6.07, 6.45) is 11.9. The number of carbonyl (C=O) groups is 1. The second kappa shape index (κ2) is 7.37. The van der Waals surface area contributed by atoms with Crippen molar-refractivity contribution >= 4 is 17.5 Å². The van der Waals surface area contributed by atoms with Gasteiger partial charge in [-0.25, -0.2) is 0 Å². The smallest absolute Gasteiger partial charge is 0.225 e. The van der Waals surface area contributed by atoms with Gasteiger partial charge in [-0.2, -0.15) is 0 Å². The molecule has 0 N–H and O–H groups in total. The second-order valence-corrected chi connectivity index (χ2v) is 6.23. The minimum atomic E-state index is 0.323. The van der Waals surface area contributed by atoms with Gasteiger partial charge in [-0.1, -0.05) is 25.7 Å². The Morgan fingerprint density at radius 1 is 1.06 bits per heavy atom. The van der Waals surface area contributed by atoms with Gasteiger partial charge in [0.1, 0.15) is 0 Å². The molecule has 0 aromatic heterocycles. The number of likely N-dealkylation sites (tertiary alicyclic amines) is 1. The molecule has 1 aliphatic heterocycles. The molecule has 2 aliphatic rings. The highest BCUT2D eigenvalue weighted by atomic mass is 35.5. The zero-order valence-electron chi connectivity index (χ0n) is 11.4. The minimum Gasteiger partial charge on any atom is -0.339 e. The van der Waals surface area contributed by atoms with Crippen LogP contribution in [-0.4, -0.2) is 29.3 Å². The number of alkyl halides is 1. The molecule has 1 aliphatic carbocycles. The maximum Gasteiger partial charge on any atom is 0.225 e. The third kappa shape index (κ3) is 3.63. The van der Waals surface area contributed by atoms with Crippen molar-refractivity contribution in [3.05, 3.63) is 0 Å². The van der Waals surface area contributed by atoms with Crippen LogP contribution in [0.25, 0.3) is 0 Å². The quantitative estimate of drug-likeness (QED) is 0.560. The van der Waals surface area contributed by atoms with Gasteiger partial charge in [-0.3, -0.25) is 4.79 Å². The molecule has 3 heteroatoms. The van der Waals surface area contributed by atoms with Crippen LogP contribution in [-0.2, 0) is 4.79 Å². The van der Waals surface area contributed by atoms with E-state index >= 15 is 0 Å². The van der Waals surface area contributed by atoms with Gasteiger partial charge in [0.15, 0.2) is 0 Å². The summed E-state index contributed by atoms with van der Waals surface area (Å²) in [4.78, 5) is 14.8. The lowest BCUT2D eigenvalue weighted by Crippen LogP contribution is -2.39. The third-order valence-electron chi connectivity index (χ3n) is 4.54. The number of rotatable bonds is 4. The van der Waals surface area contributed by atoms with Crippen molar-refractivity contribution in [3.63, 3.8) is 0 Å². The van der Waals surface area contributed by atoms with Gasteiger partial charge >= 0.3 is 0 Å². The first-order chi connectivity index (χ1) is 8.83. The predicted molar refractivity (Wildman–Crippen MR) is 75.9 cm³/mol. The van der Waals surface area contributed by atoms with E-state index in [1.54, 1.807) is 0 Å². The molecule has 1 unspecified atom stereocenters. The number of amides is 1. The van der Waals surface area contributed by atoms with Crippen molar-refractivity contribution < 1.29 is 4.79 Å². The largest absolute Gasteiger partial charge is 0.339 e. The number of hydrogen-bond acceptors (Lipinski definition) is 1. The molecule has 104 valence electrons. The zero-order valence-corrected chi connectivity index (χ0v) is 12.1. The highest BCUT2D eigenvalue weighted by Crippen LogP contribution is 2.29. The minimum absolute atomic E-state index is 0.323. The van der Waals surface area contributed by atoms with E-state index in [4.69, 9.17) is 11.6 Å². The fourth-order valence-electron chi connectivity index (χ4n) is 3.50. The van der Waals surface area contributed by atoms with Gasteiger partial charge in [-0.05, 0) is 38.5 Å². The molecule has 0 radical (unpaired) electrons. The van der Waals surface area contributed by atoms with Gasteiger partial charge in [0.2, 0.25) is 5.91 Å². The summed E-state index contributed by atoms with van der Waals surface area (Å²) >= 11 is 5.77. The Balaban J connectivity index is 1.89. The molecule has 1 atom stereocenters. The van der Waals surface area contributed by atoms with Gasteiger partial charge < -0.3 is 4.90 Å². The molecule has 2 fully saturated rings. The topological polar surface area (TPSA) is 20.3 Å². The van der Waals surface area contributed by atoms with Crippen LogP contribution in [0.4, 0.5) is 0 Å². The Kier molecular flexibility index (Phi) is 5.81. The van der Waals surface area contributed by atoms with E-state index in [0.717, 1.165) is 38.1 Å². The fourth-order valence-corrected chi connectivity index (χ4v) is 3.65. The highest BCUT2D eigenvalue weighted by molar-refractivity contribution is 6.17. The van der Waals surface area contributed by atoms with E-state index in [0.29, 0.717) is 17.9 Å². The van der Waals surface area contributed by atoms with Gasteiger partial charge in [0, 0.05) is 24.4 Å². The molecule has 1 saturated carbocycles. The van der Waals surface area contributed by atoms with E-state index in [2.05, 4.69) is 4.90 Å². The summed E-state index contributed by atoms with van der Waals surface area (Å²) in [5, 5.41) is 0. The van der Waals surface area contributed by atoms with E-state index in [1.807, 2.05) is 0 Å². The Morgan fingerprint density at radius 2 is 1.78 bits per heavy atom. The molecule has 2 nitrogen and oxygen atoms in total. The molecule has 18 heavy (non-hydrogen) atoms. The summed E-state index contributed by atoms with van der Waals surface area (Å²) < 4.78 is 0. The molecule has 0 spiro atoms. The van der Waals surface area contributed by atoms with Crippen molar-refractivity contribution in [1.29, 1.82) is 0 Å². The summed E-state index contributed by atoms with van der Waals surface area (Å²) in [7, 11) is 0. The summed E-state index contributed by atoms with van der Waals surface area (Å²) in [5.41, 5.74) is 0. The van der Waals surface area contributed by atoms with Crippen LogP contribution < -0.4 is 0 Å². The molecular formula is C15H26ClNO. The van der Waals surface area contributed by atoms with E-state index in [1.165, 1.54) is 38.5 Å². The van der Waals surface area contributed by atoms with Crippen molar-refractivity contribution in [1.82, 2.24) is 4.90 Å². The Morgan fingerprint density at radius 3 is 2.44 bits per heavy atom. The van der Waals surface area contributed by atoms with Crippen molar-refractivity contribution in [2.24, 2.45) is 5.92 Å². The van der Waals surface area contributed by atoms with Crippen LogP contribution in [0.15, 0.2) is 0 Å². The van der Waals surface area contributed by atoms with E-state index in [9.17, 15) is 4.79 Å². The van der Waals surface area contributed by atoms with Gasteiger partial charge in [0.05, 0.1) is 0 Å². The van der Waals surface area contributed by atoms with Crippen LogP contribution in [0.1, 0.15) is 64.2 Å². The number of hydrogen-bond donors (Lipinski definition) is 0. The normalized spacial score (nSPS) is 26.3. The Bertz CT molecular complexity index is 261. The lowest BCUT2D eigenvalue weighted by atomic mass is 9.98. The summed E-state index contributed by atoms with van der Waals surface area (Å²) in [6.45, 7) is 0.988. The first-order valence-corrected chi connectivity index (χ1v) is 8.23. The van der Waals surface area contributed by atoms with Crippen molar-refractivity contribution in [3.8, 4) is 0 Å². The molecule has 2 rings (SSSR count). The molecular weight excluding hydrogens is 246 g/mol. The molecule has 1 heterocycles. The highest BCUT2D eigenvalue weighted by Gasteiger charge is 2.32. The van der Waals surface area contributed by atoms with E-state index in [-0.39, 0.29) is 0 Å². The number of nitrogens with zero attached hydrogens (tertiary/aromatic N) is 1. The van der Waals surface area contributed by atoms with Crippen LogP contribution >= 0.6 is 11.6 Å². The molecule has 1 amide bonds. The first kappa shape index (κ1) is 14.2. The van der Waals surface area contributed by atoms with Gasteiger partial charge in [-0.15, -0.1) is 11.6 Å². The monoisotopic (exact) mass is 271 g/mol. The average molecular weight is 272 g/mol. The number of carbonyl (C=O) groups excluding carboxylic acids is 1. The van der Waals surface area contributed by atoms with Crippen molar-refractivity contribution in [2.45, 2.75) is 70.3 Å². The number of halogens is 1. The molecule has 0 aromatic carbocycles. The van der Waals surface area contributed by atoms with Crippen LogP contribution in [0.2, 0.25) is 0 Å². The molecule has 0 bridgehead atoms. The Labute approximate surface area is 116 Å². The standard InChI is InChI=1S/C15H26ClNO/c16-11-5-9-14-10-6-12-17(14)15(18)13-7-3-1-2-4-8-13/h13-14H,1-12H2. The zero-order chi connectivity index (χ0) is 12.8. The van der Waals surface area contributed by atoms with Crippen LogP contribution in [0, 0.1) is 5.92 Å². The lowest BCUT2D eigenvalue weighted by molar-refractivity contribution is -0.136.